The first-order chi connectivity index (χ1) is 11.2. The van der Waals surface area contributed by atoms with E-state index in [0.717, 1.165) is 36.5 Å². The zero-order valence-corrected chi connectivity index (χ0v) is 13.5. The molecule has 1 unspecified atom stereocenters. The van der Waals surface area contributed by atoms with Crippen molar-refractivity contribution in [3.8, 4) is 0 Å². The molecular weight excluding hydrogens is 312 g/mol. The minimum atomic E-state index is -0.310. The zero-order chi connectivity index (χ0) is 15.8. The lowest BCUT2D eigenvalue weighted by Crippen LogP contribution is -2.33. The molecule has 4 rings (SSSR count). The molecule has 0 radical (unpaired) electrons. The molecule has 0 bridgehead atoms. The van der Waals surface area contributed by atoms with Gasteiger partial charge in [0.1, 0.15) is 11.4 Å². The normalized spacial score (nSPS) is 20.9. The van der Waals surface area contributed by atoms with Crippen molar-refractivity contribution >= 4 is 17.2 Å². The summed E-state index contributed by atoms with van der Waals surface area (Å²) in [6.45, 7) is 1.38. The maximum atomic E-state index is 12.6. The number of amides is 1. The van der Waals surface area contributed by atoms with E-state index in [1.165, 1.54) is 6.20 Å². The molecule has 0 aromatic carbocycles. The zero-order valence-electron chi connectivity index (χ0n) is 12.7. The average molecular weight is 330 g/mol. The van der Waals surface area contributed by atoms with Crippen LogP contribution in [-0.4, -0.2) is 38.8 Å². The van der Waals surface area contributed by atoms with Crippen LogP contribution in [0.5, 0.6) is 0 Å². The van der Waals surface area contributed by atoms with E-state index in [-0.39, 0.29) is 17.0 Å². The SMILES string of the molecule is O=C(c1cnc(C2CC2)[nH]c1=O)N1CCC(Cc2nccs2)C1. The van der Waals surface area contributed by atoms with Crippen LogP contribution in [0.1, 0.15) is 46.4 Å². The van der Waals surface area contributed by atoms with Crippen LogP contribution in [0.4, 0.5) is 0 Å². The van der Waals surface area contributed by atoms with E-state index in [1.54, 1.807) is 16.2 Å². The molecule has 1 saturated heterocycles. The van der Waals surface area contributed by atoms with Gasteiger partial charge in [-0.2, -0.15) is 0 Å². The topological polar surface area (TPSA) is 79.0 Å². The number of hydrogen-bond acceptors (Lipinski definition) is 5. The summed E-state index contributed by atoms with van der Waals surface area (Å²) in [4.78, 5) is 37.8. The van der Waals surface area contributed by atoms with Crippen LogP contribution in [0.25, 0.3) is 0 Å². The summed E-state index contributed by atoms with van der Waals surface area (Å²) < 4.78 is 0. The van der Waals surface area contributed by atoms with Gasteiger partial charge in [-0.3, -0.25) is 9.59 Å². The number of aromatic nitrogens is 3. The fourth-order valence-corrected chi connectivity index (χ4v) is 3.81. The van der Waals surface area contributed by atoms with Gasteiger partial charge in [-0.25, -0.2) is 9.97 Å². The molecule has 6 nitrogen and oxygen atoms in total. The molecule has 1 N–H and O–H groups in total. The quantitative estimate of drug-likeness (QED) is 0.927. The molecule has 2 aromatic rings. The first kappa shape index (κ1) is 14.6. The predicted octanol–water partition coefficient (Wildman–Crippen LogP) is 1.81. The second-order valence-corrected chi connectivity index (χ2v) is 7.30. The highest BCUT2D eigenvalue weighted by atomic mass is 32.1. The van der Waals surface area contributed by atoms with E-state index in [0.29, 0.717) is 24.9 Å². The van der Waals surface area contributed by atoms with Gasteiger partial charge in [-0.1, -0.05) is 0 Å². The highest BCUT2D eigenvalue weighted by molar-refractivity contribution is 7.09. The minimum absolute atomic E-state index is 0.157. The number of carbonyl (C=O) groups is 1. The van der Waals surface area contributed by atoms with Crippen LogP contribution < -0.4 is 5.56 Å². The van der Waals surface area contributed by atoms with Crippen molar-refractivity contribution in [1.29, 1.82) is 0 Å². The second kappa shape index (κ2) is 5.88. The van der Waals surface area contributed by atoms with Crippen LogP contribution in [0.15, 0.2) is 22.6 Å². The molecular formula is C16H18N4O2S. The van der Waals surface area contributed by atoms with Crippen molar-refractivity contribution in [3.05, 3.63) is 44.5 Å². The largest absolute Gasteiger partial charge is 0.338 e. The van der Waals surface area contributed by atoms with Crippen LogP contribution in [-0.2, 0) is 6.42 Å². The molecule has 23 heavy (non-hydrogen) atoms. The Hall–Kier alpha value is -2.02. The van der Waals surface area contributed by atoms with E-state index >= 15 is 0 Å². The highest BCUT2D eigenvalue weighted by Gasteiger charge is 2.30. The molecule has 1 aliphatic heterocycles. The van der Waals surface area contributed by atoms with E-state index in [9.17, 15) is 9.59 Å². The van der Waals surface area contributed by atoms with Crippen LogP contribution >= 0.6 is 11.3 Å². The predicted molar refractivity (Wildman–Crippen MR) is 86.7 cm³/mol. The standard InChI is InChI=1S/C16H18N4O2S/c21-15-12(8-18-14(19-15)11-1-2-11)16(22)20-5-3-10(9-20)7-13-17-4-6-23-13/h4,6,8,10-11H,1-3,5,7,9H2,(H,18,19,21). The Kier molecular flexibility index (Phi) is 3.72. The molecule has 1 saturated carbocycles. The Morgan fingerprint density at radius 3 is 2.91 bits per heavy atom. The second-order valence-electron chi connectivity index (χ2n) is 6.32. The van der Waals surface area contributed by atoms with Crippen molar-refractivity contribution < 1.29 is 4.79 Å². The number of thiazole rings is 1. The van der Waals surface area contributed by atoms with Gasteiger partial charge in [-0.15, -0.1) is 11.3 Å². The van der Waals surface area contributed by atoms with E-state index in [1.807, 2.05) is 11.6 Å². The molecule has 7 heteroatoms. The number of nitrogens with one attached hydrogen (secondary N) is 1. The van der Waals surface area contributed by atoms with Gasteiger partial charge in [0.05, 0.1) is 5.01 Å². The Balaban J connectivity index is 1.44. The molecule has 1 amide bonds. The smallest absolute Gasteiger partial charge is 0.263 e. The third kappa shape index (κ3) is 3.06. The van der Waals surface area contributed by atoms with Gasteiger partial charge in [-0.05, 0) is 25.2 Å². The van der Waals surface area contributed by atoms with Crippen LogP contribution in [0.2, 0.25) is 0 Å². The summed E-state index contributed by atoms with van der Waals surface area (Å²) in [6, 6.07) is 0. The number of likely N-dealkylation sites (tertiary alicyclic amines) is 1. The fraction of sp³-hybridized carbons (Fsp3) is 0.500. The molecule has 2 aliphatic rings. The lowest BCUT2D eigenvalue weighted by molar-refractivity contribution is 0.0784. The van der Waals surface area contributed by atoms with E-state index < -0.39 is 0 Å². The van der Waals surface area contributed by atoms with Crippen molar-refractivity contribution in [2.24, 2.45) is 5.92 Å². The Morgan fingerprint density at radius 2 is 2.22 bits per heavy atom. The summed E-state index contributed by atoms with van der Waals surface area (Å²) in [5, 5.41) is 3.08. The molecule has 2 aromatic heterocycles. The van der Waals surface area contributed by atoms with Crippen molar-refractivity contribution in [3.63, 3.8) is 0 Å². The van der Waals surface area contributed by atoms with Gasteiger partial charge in [0.25, 0.3) is 11.5 Å². The van der Waals surface area contributed by atoms with Gasteiger partial charge >= 0.3 is 0 Å². The first-order valence-corrected chi connectivity index (χ1v) is 8.85. The van der Waals surface area contributed by atoms with Crippen LogP contribution in [0, 0.1) is 5.92 Å². The Labute approximate surface area is 137 Å². The highest BCUT2D eigenvalue weighted by Crippen LogP contribution is 2.37. The summed E-state index contributed by atoms with van der Waals surface area (Å²) in [5.74, 6) is 1.31. The number of aromatic amines is 1. The molecule has 2 fully saturated rings. The summed E-state index contributed by atoms with van der Waals surface area (Å²) in [7, 11) is 0. The molecule has 0 spiro atoms. The first-order valence-electron chi connectivity index (χ1n) is 7.97. The Morgan fingerprint density at radius 1 is 1.35 bits per heavy atom. The molecule has 120 valence electrons. The molecule has 3 heterocycles. The third-order valence-electron chi connectivity index (χ3n) is 4.53. The number of hydrogen-bond donors (Lipinski definition) is 1. The van der Waals surface area contributed by atoms with Crippen molar-refractivity contribution in [2.45, 2.75) is 31.6 Å². The lowest BCUT2D eigenvalue weighted by atomic mass is 10.1. The lowest BCUT2D eigenvalue weighted by Gasteiger charge is -2.15. The number of nitrogens with zero attached hydrogens (tertiary/aromatic N) is 3. The fourth-order valence-electron chi connectivity index (χ4n) is 3.08. The average Bonchev–Trinajstić information content (AvgIpc) is 3.08. The summed E-state index contributed by atoms with van der Waals surface area (Å²) in [6.07, 6.45) is 7.25. The van der Waals surface area contributed by atoms with Gasteiger partial charge < -0.3 is 9.88 Å². The minimum Gasteiger partial charge on any atom is -0.338 e. The summed E-state index contributed by atoms with van der Waals surface area (Å²) in [5.41, 5.74) is -0.153. The van der Waals surface area contributed by atoms with E-state index in [2.05, 4.69) is 15.0 Å². The number of H-pyrrole nitrogens is 1. The molecule has 1 aliphatic carbocycles. The van der Waals surface area contributed by atoms with Gasteiger partial charge in [0, 0.05) is 43.2 Å². The van der Waals surface area contributed by atoms with Gasteiger partial charge in [0.2, 0.25) is 0 Å². The summed E-state index contributed by atoms with van der Waals surface area (Å²) >= 11 is 1.65. The van der Waals surface area contributed by atoms with E-state index in [4.69, 9.17) is 0 Å². The molecule has 1 atom stereocenters. The maximum Gasteiger partial charge on any atom is 0.263 e. The number of rotatable bonds is 4. The van der Waals surface area contributed by atoms with Gasteiger partial charge in [0.15, 0.2) is 0 Å². The maximum absolute atomic E-state index is 12.6. The van der Waals surface area contributed by atoms with Crippen molar-refractivity contribution in [1.82, 2.24) is 19.9 Å². The monoisotopic (exact) mass is 330 g/mol. The van der Waals surface area contributed by atoms with Crippen molar-refractivity contribution in [2.75, 3.05) is 13.1 Å². The Bertz CT molecular complexity index is 767. The van der Waals surface area contributed by atoms with Crippen LogP contribution in [0.3, 0.4) is 0 Å². The third-order valence-corrected chi connectivity index (χ3v) is 5.34. The number of carbonyl (C=O) groups excluding carboxylic acids is 1.